The normalized spacial score (nSPS) is 11.4. The van der Waals surface area contributed by atoms with Gasteiger partial charge in [-0.25, -0.2) is 16.1 Å². The van der Waals surface area contributed by atoms with Gasteiger partial charge in [0.15, 0.2) is 0 Å². The van der Waals surface area contributed by atoms with Crippen molar-refractivity contribution >= 4 is 34.2 Å². The molecule has 0 aliphatic heterocycles. The summed E-state index contributed by atoms with van der Waals surface area (Å²) in [5, 5.41) is 5.09. The molecule has 6 rings (SSSR count). The first kappa shape index (κ1) is 26.2. The molecule has 0 bridgehead atoms. The van der Waals surface area contributed by atoms with E-state index in [0.717, 1.165) is 27.8 Å². The van der Waals surface area contributed by atoms with Gasteiger partial charge in [0, 0.05) is 44.0 Å². The molecule has 0 saturated heterocycles. The fourth-order valence-electron chi connectivity index (χ4n) is 4.66. The zero-order chi connectivity index (χ0) is 25.5. The molecule has 3 aromatic heterocycles. The molecule has 0 fully saturated rings. The molecule has 6 heteroatoms. The van der Waals surface area contributed by atoms with E-state index in [9.17, 15) is 0 Å². The second kappa shape index (κ2) is 10.7. The zero-order valence-corrected chi connectivity index (χ0v) is 24.8. The maximum absolute atomic E-state index is 6.15. The Bertz CT molecular complexity index is 1760. The predicted molar refractivity (Wildman–Crippen MR) is 155 cm³/mol. The molecule has 0 aliphatic rings. The van der Waals surface area contributed by atoms with Crippen LogP contribution in [0.25, 0.3) is 37.6 Å². The van der Waals surface area contributed by atoms with Gasteiger partial charge in [-0.1, -0.05) is 60.9 Å². The summed E-state index contributed by atoms with van der Waals surface area (Å²) in [4.78, 5) is 11.2. The second-order valence-corrected chi connectivity index (χ2v) is 11.5. The molecular formula is C32H26N3OPPt. The number of pyridine rings is 2. The van der Waals surface area contributed by atoms with Crippen molar-refractivity contribution < 1.29 is 25.8 Å². The molecule has 0 aliphatic carbocycles. The Morgan fingerprint density at radius 1 is 0.763 bits per heavy atom. The first-order valence-electron chi connectivity index (χ1n) is 12.2. The Morgan fingerprint density at radius 3 is 2.42 bits per heavy atom. The third-order valence-corrected chi connectivity index (χ3v) is 8.83. The van der Waals surface area contributed by atoms with Crippen molar-refractivity contribution in [2.75, 3.05) is 19.0 Å². The van der Waals surface area contributed by atoms with Gasteiger partial charge in [-0.15, -0.1) is 17.7 Å². The van der Waals surface area contributed by atoms with E-state index < -0.39 is 7.53 Å². The number of fused-ring (bicyclic) bond motifs is 3. The standard InChI is InChI=1S/C32H26N3OP.Pt/c1-21-8-11-29-28(17-21)27-10-9-23(19-30(27)37(29)32-7-5-6-13-34-32)24-15-22(2)16-26(18-24)36-31-20-25(35(3)4)12-14-33-31;/h5-17,20H,1-4H3;/q-2;+2. The summed E-state index contributed by atoms with van der Waals surface area (Å²) in [5.41, 5.74) is 6.42. The predicted octanol–water partition coefficient (Wildman–Crippen LogP) is 8.50. The van der Waals surface area contributed by atoms with Crippen LogP contribution in [-0.2, 0) is 21.1 Å². The molecule has 3 heterocycles. The Labute approximate surface area is 238 Å². The van der Waals surface area contributed by atoms with Crippen molar-refractivity contribution in [3.63, 3.8) is 0 Å². The maximum Gasteiger partial charge on any atom is 2.00 e. The van der Waals surface area contributed by atoms with E-state index in [-0.39, 0.29) is 21.1 Å². The Balaban J connectivity index is 0.00000294. The number of aromatic nitrogens is 2. The number of ether oxygens (including phenoxy) is 1. The zero-order valence-electron chi connectivity index (χ0n) is 21.6. The third kappa shape index (κ3) is 4.99. The van der Waals surface area contributed by atoms with E-state index in [0.29, 0.717) is 11.6 Å². The van der Waals surface area contributed by atoms with Crippen LogP contribution in [-0.4, -0.2) is 24.1 Å². The van der Waals surface area contributed by atoms with Crippen molar-refractivity contribution in [2.45, 2.75) is 13.8 Å². The molecule has 0 amide bonds. The molecule has 1 atom stereocenters. The largest absolute Gasteiger partial charge is 2.00 e. The van der Waals surface area contributed by atoms with Gasteiger partial charge in [0.2, 0.25) is 5.88 Å². The third-order valence-electron chi connectivity index (χ3n) is 6.44. The fraction of sp³-hybridized carbons (Fsp3) is 0.125. The SMILES string of the molecule is Cc1cc(Oc2cc(N(C)C)ccn2)[c-]c(-c2[c-]c3c(cc2)c2cc(C)ccc2p3-c2ccccn2)c1.[Pt+2]. The summed E-state index contributed by atoms with van der Waals surface area (Å²) >= 11 is 0. The van der Waals surface area contributed by atoms with Gasteiger partial charge in [0.05, 0.1) is 5.44 Å². The Morgan fingerprint density at radius 2 is 1.63 bits per heavy atom. The van der Waals surface area contributed by atoms with Crippen LogP contribution in [0.2, 0.25) is 0 Å². The van der Waals surface area contributed by atoms with Gasteiger partial charge < -0.3 is 9.64 Å². The molecule has 38 heavy (non-hydrogen) atoms. The van der Waals surface area contributed by atoms with Crippen LogP contribution < -0.4 is 9.64 Å². The quantitative estimate of drug-likeness (QED) is 0.170. The summed E-state index contributed by atoms with van der Waals surface area (Å²) in [6, 6.07) is 32.5. The number of hydrogen-bond donors (Lipinski definition) is 0. The van der Waals surface area contributed by atoms with E-state index in [1.54, 1.807) is 6.20 Å². The molecular weight excluding hydrogens is 668 g/mol. The number of benzene rings is 3. The number of nitrogens with zero attached hydrogens (tertiary/aromatic N) is 3. The van der Waals surface area contributed by atoms with Crippen LogP contribution in [0.3, 0.4) is 0 Å². The van der Waals surface area contributed by atoms with Crippen molar-refractivity contribution in [1.29, 1.82) is 0 Å². The fourth-order valence-corrected chi connectivity index (χ4v) is 7.12. The van der Waals surface area contributed by atoms with Crippen LogP contribution in [0, 0.1) is 26.0 Å². The smallest absolute Gasteiger partial charge is 0.460 e. The van der Waals surface area contributed by atoms with Gasteiger partial charge >= 0.3 is 21.1 Å². The number of anilines is 1. The van der Waals surface area contributed by atoms with Crippen molar-refractivity contribution in [3.05, 3.63) is 108 Å². The molecule has 0 spiro atoms. The first-order valence-corrected chi connectivity index (χ1v) is 13.5. The minimum atomic E-state index is -0.782. The minimum Gasteiger partial charge on any atom is -0.460 e. The second-order valence-electron chi connectivity index (χ2n) is 9.46. The molecule has 0 radical (unpaired) electrons. The minimum absolute atomic E-state index is 0. The Kier molecular flexibility index (Phi) is 7.39. The number of rotatable bonds is 5. The molecule has 190 valence electrons. The summed E-state index contributed by atoms with van der Waals surface area (Å²) < 4.78 is 6.15. The number of hydrogen-bond acceptors (Lipinski definition) is 4. The molecule has 0 saturated carbocycles. The van der Waals surface area contributed by atoms with Gasteiger partial charge in [-0.05, 0) is 35.6 Å². The van der Waals surface area contributed by atoms with E-state index in [1.165, 1.54) is 26.6 Å². The van der Waals surface area contributed by atoms with Crippen LogP contribution in [0.5, 0.6) is 11.6 Å². The molecule has 4 nitrogen and oxygen atoms in total. The maximum atomic E-state index is 6.15. The van der Waals surface area contributed by atoms with Crippen molar-refractivity contribution in [3.8, 4) is 28.2 Å². The van der Waals surface area contributed by atoms with Crippen molar-refractivity contribution in [2.24, 2.45) is 0 Å². The molecule has 3 aromatic carbocycles. The van der Waals surface area contributed by atoms with Gasteiger partial charge in [0.1, 0.15) is 0 Å². The van der Waals surface area contributed by atoms with E-state index in [2.05, 4.69) is 79.5 Å². The van der Waals surface area contributed by atoms with E-state index in [1.807, 2.05) is 49.5 Å². The molecule has 6 aromatic rings. The summed E-state index contributed by atoms with van der Waals surface area (Å²) in [6.45, 7) is 4.21. The molecule has 1 unspecified atom stereocenters. The Hall–Kier alpha value is -3.45. The molecule has 0 N–H and O–H groups in total. The van der Waals surface area contributed by atoms with Crippen LogP contribution in [0.15, 0.2) is 85.2 Å². The first-order chi connectivity index (χ1) is 18.0. The van der Waals surface area contributed by atoms with Crippen LogP contribution >= 0.6 is 7.53 Å². The van der Waals surface area contributed by atoms with Crippen molar-refractivity contribution in [1.82, 2.24) is 9.97 Å². The van der Waals surface area contributed by atoms with E-state index in [4.69, 9.17) is 9.72 Å². The topological polar surface area (TPSA) is 38.2 Å². The average Bonchev–Trinajstić information content (AvgIpc) is 3.21. The van der Waals surface area contributed by atoms with Gasteiger partial charge in [-0.2, -0.15) is 18.2 Å². The monoisotopic (exact) mass is 694 g/mol. The van der Waals surface area contributed by atoms with Crippen LogP contribution in [0.4, 0.5) is 5.69 Å². The average molecular weight is 695 g/mol. The van der Waals surface area contributed by atoms with Crippen LogP contribution in [0.1, 0.15) is 11.1 Å². The van der Waals surface area contributed by atoms with E-state index >= 15 is 0 Å². The van der Waals surface area contributed by atoms with Gasteiger partial charge in [-0.3, -0.25) is 4.98 Å². The summed E-state index contributed by atoms with van der Waals surface area (Å²) in [7, 11) is 3.22. The summed E-state index contributed by atoms with van der Waals surface area (Å²) in [5.74, 6) is 1.18. The number of aryl methyl sites for hydroxylation is 2. The summed E-state index contributed by atoms with van der Waals surface area (Å²) in [6.07, 6.45) is 3.64. The van der Waals surface area contributed by atoms with Gasteiger partial charge in [0.25, 0.3) is 0 Å².